The Bertz CT molecular complexity index is 1420. The number of pyridine rings is 1. The fourth-order valence-corrected chi connectivity index (χ4v) is 3.83. The number of anilines is 1. The van der Waals surface area contributed by atoms with Gasteiger partial charge in [-0.3, -0.25) is 0 Å². The fourth-order valence-electron chi connectivity index (χ4n) is 3.83. The van der Waals surface area contributed by atoms with E-state index in [1.165, 1.54) is 0 Å². The van der Waals surface area contributed by atoms with Crippen molar-refractivity contribution >= 4 is 17.6 Å². The van der Waals surface area contributed by atoms with E-state index in [0.29, 0.717) is 40.7 Å². The zero-order chi connectivity index (χ0) is 29.2. The van der Waals surface area contributed by atoms with E-state index in [0.717, 1.165) is 18.5 Å². The molecule has 0 spiro atoms. The van der Waals surface area contributed by atoms with Crippen LogP contribution >= 0.6 is 0 Å². The maximum absolute atomic E-state index is 12.6. The molecular weight excluding hydrogens is 520 g/mol. The molecule has 0 bridgehead atoms. The molecule has 0 fully saturated rings. The highest BCUT2D eigenvalue weighted by Crippen LogP contribution is 2.22. The number of hydrogen-bond acceptors (Lipinski definition) is 7. The molecule has 3 aromatic carbocycles. The lowest BCUT2D eigenvalue weighted by molar-refractivity contribution is -0.749. The first-order valence-electron chi connectivity index (χ1n) is 13.5. The van der Waals surface area contributed by atoms with Gasteiger partial charge in [0, 0.05) is 38.8 Å². The summed E-state index contributed by atoms with van der Waals surface area (Å²) in [5.74, 6) is 1.00. The molecule has 0 saturated heterocycles. The largest absolute Gasteiger partial charge is 0.494 e. The summed E-state index contributed by atoms with van der Waals surface area (Å²) in [5, 5.41) is 0. The van der Waals surface area contributed by atoms with E-state index in [1.807, 2.05) is 55.0 Å². The van der Waals surface area contributed by atoms with Gasteiger partial charge in [0.25, 0.3) is 6.23 Å². The van der Waals surface area contributed by atoms with E-state index in [4.69, 9.17) is 18.9 Å². The van der Waals surface area contributed by atoms with E-state index < -0.39 is 11.9 Å². The van der Waals surface area contributed by atoms with Gasteiger partial charge in [-0.05, 0) is 79.2 Å². The summed E-state index contributed by atoms with van der Waals surface area (Å²) in [6, 6.07) is 23.9. The molecule has 1 heterocycles. The van der Waals surface area contributed by atoms with E-state index >= 15 is 0 Å². The minimum absolute atomic E-state index is 0.236. The molecule has 1 aromatic heterocycles. The molecule has 8 heteroatoms. The monoisotopic (exact) mass is 555 g/mol. The Hall–Kier alpha value is -4.85. The number of unbranched alkanes of at least 4 members (excludes halogenated alkanes) is 1. The van der Waals surface area contributed by atoms with Gasteiger partial charge in [-0.25, -0.2) is 9.59 Å². The molecule has 8 nitrogen and oxygen atoms in total. The number of rotatable bonds is 12. The summed E-state index contributed by atoms with van der Waals surface area (Å²) in [6.45, 7) is 4.68. The van der Waals surface area contributed by atoms with Crippen molar-refractivity contribution in [3.05, 3.63) is 108 Å². The zero-order valence-electron chi connectivity index (χ0n) is 23.8. The summed E-state index contributed by atoms with van der Waals surface area (Å²) in [6.07, 6.45) is 5.71. The summed E-state index contributed by atoms with van der Waals surface area (Å²) in [4.78, 5) is 27.2. The summed E-state index contributed by atoms with van der Waals surface area (Å²) in [5.41, 5.74) is 1.89. The van der Waals surface area contributed by atoms with Crippen molar-refractivity contribution in [3.63, 3.8) is 0 Å². The van der Waals surface area contributed by atoms with Crippen LogP contribution < -0.4 is 28.4 Å². The lowest BCUT2D eigenvalue weighted by Crippen LogP contribution is -2.40. The Morgan fingerprint density at radius 2 is 1.17 bits per heavy atom. The van der Waals surface area contributed by atoms with Crippen molar-refractivity contribution in [2.45, 2.75) is 32.9 Å². The molecule has 41 heavy (non-hydrogen) atoms. The van der Waals surface area contributed by atoms with Crippen molar-refractivity contribution in [3.8, 4) is 23.0 Å². The highest BCUT2D eigenvalue weighted by molar-refractivity contribution is 5.92. The van der Waals surface area contributed by atoms with Crippen LogP contribution in [0.3, 0.4) is 0 Å². The van der Waals surface area contributed by atoms with Gasteiger partial charge < -0.3 is 23.8 Å². The number of hydrogen-bond donors (Lipinski definition) is 0. The molecule has 4 rings (SSSR count). The average molecular weight is 556 g/mol. The predicted octanol–water partition coefficient (Wildman–Crippen LogP) is 6.25. The van der Waals surface area contributed by atoms with Crippen LogP contribution in [0.2, 0.25) is 0 Å². The SMILES string of the molecule is CCCCOc1ccc(C(=O)Oc2ccc(OC(=O)c3ccc(OC(C)[n+]4ccc(N(C)C)cc4)cc3)cc2)cc1. The quantitative estimate of drug-likeness (QED) is 0.0884. The summed E-state index contributed by atoms with van der Waals surface area (Å²) < 4.78 is 24.5. The van der Waals surface area contributed by atoms with Crippen LogP contribution in [-0.2, 0) is 0 Å². The van der Waals surface area contributed by atoms with Gasteiger partial charge in [0.05, 0.1) is 17.7 Å². The van der Waals surface area contributed by atoms with Gasteiger partial charge in [0.1, 0.15) is 23.0 Å². The van der Waals surface area contributed by atoms with Crippen LogP contribution in [0.15, 0.2) is 97.3 Å². The molecule has 0 amide bonds. The second kappa shape index (κ2) is 14.0. The van der Waals surface area contributed by atoms with Crippen LogP contribution in [0.4, 0.5) is 5.69 Å². The molecule has 0 N–H and O–H groups in total. The Balaban J connectivity index is 1.27. The van der Waals surface area contributed by atoms with Crippen LogP contribution in [0.1, 0.15) is 53.6 Å². The predicted molar refractivity (Wildman–Crippen MR) is 156 cm³/mol. The number of benzene rings is 3. The Labute approximate surface area is 240 Å². The third-order valence-corrected chi connectivity index (χ3v) is 6.27. The molecule has 0 aliphatic carbocycles. The van der Waals surface area contributed by atoms with Gasteiger partial charge in [0.2, 0.25) is 0 Å². The van der Waals surface area contributed by atoms with E-state index in [1.54, 1.807) is 72.8 Å². The number of esters is 2. The van der Waals surface area contributed by atoms with Crippen molar-refractivity contribution in [1.82, 2.24) is 0 Å². The lowest BCUT2D eigenvalue weighted by atomic mass is 10.2. The second-order valence-electron chi connectivity index (χ2n) is 9.62. The molecule has 0 aliphatic rings. The van der Waals surface area contributed by atoms with Gasteiger partial charge in [-0.1, -0.05) is 13.3 Å². The maximum Gasteiger partial charge on any atom is 0.343 e. The molecule has 0 saturated carbocycles. The van der Waals surface area contributed by atoms with E-state index in [9.17, 15) is 9.59 Å². The highest BCUT2D eigenvalue weighted by Gasteiger charge is 2.16. The number of nitrogens with zero attached hydrogens (tertiary/aromatic N) is 2. The average Bonchev–Trinajstić information content (AvgIpc) is 2.99. The smallest absolute Gasteiger partial charge is 0.343 e. The minimum atomic E-state index is -0.510. The molecular formula is C33H35N2O6+. The first kappa shape index (κ1) is 29.1. The van der Waals surface area contributed by atoms with Crippen molar-refractivity contribution in [1.29, 1.82) is 0 Å². The molecule has 0 radical (unpaired) electrons. The molecule has 0 aliphatic heterocycles. The molecule has 1 unspecified atom stereocenters. The number of carbonyl (C=O) groups excluding carboxylic acids is 2. The topological polar surface area (TPSA) is 78.2 Å². The first-order valence-corrected chi connectivity index (χ1v) is 13.5. The van der Waals surface area contributed by atoms with Gasteiger partial charge >= 0.3 is 11.9 Å². The van der Waals surface area contributed by atoms with Crippen LogP contribution in [0.25, 0.3) is 0 Å². The standard InChI is InChI=1S/C33H35N2O6/c1-5-6-23-38-28-11-7-25(8-12-28)32(36)40-30-15-17-31(18-16-30)41-33(37)26-9-13-29(14-10-26)39-24(2)35-21-19-27(20-22-35)34(3)4/h7-22,24H,5-6,23H2,1-4H3/q+1. The third kappa shape index (κ3) is 8.32. The Morgan fingerprint density at radius 3 is 1.63 bits per heavy atom. The summed E-state index contributed by atoms with van der Waals surface area (Å²) >= 11 is 0. The van der Waals surface area contributed by atoms with E-state index in [-0.39, 0.29) is 6.23 Å². The first-order chi connectivity index (χ1) is 19.8. The Kier molecular flexibility index (Phi) is 9.94. The minimum Gasteiger partial charge on any atom is -0.494 e. The molecule has 1 atom stereocenters. The number of carbonyl (C=O) groups is 2. The highest BCUT2D eigenvalue weighted by atomic mass is 16.5. The molecule has 212 valence electrons. The van der Waals surface area contributed by atoms with Crippen LogP contribution in [0, 0.1) is 0 Å². The zero-order valence-corrected chi connectivity index (χ0v) is 23.8. The summed E-state index contributed by atoms with van der Waals surface area (Å²) in [7, 11) is 3.98. The van der Waals surface area contributed by atoms with Gasteiger partial charge in [-0.15, -0.1) is 0 Å². The van der Waals surface area contributed by atoms with Gasteiger partial charge in [0.15, 0.2) is 12.4 Å². The van der Waals surface area contributed by atoms with Crippen LogP contribution in [-0.4, -0.2) is 32.6 Å². The number of ether oxygens (including phenoxy) is 4. The number of aromatic nitrogens is 1. The molecule has 4 aromatic rings. The third-order valence-electron chi connectivity index (χ3n) is 6.27. The van der Waals surface area contributed by atoms with Crippen molar-refractivity contribution in [2.75, 3.05) is 25.6 Å². The second-order valence-corrected chi connectivity index (χ2v) is 9.62. The van der Waals surface area contributed by atoms with Crippen LogP contribution in [0.5, 0.6) is 23.0 Å². The fraction of sp³-hybridized carbons (Fsp3) is 0.242. The normalized spacial score (nSPS) is 11.3. The Morgan fingerprint density at radius 1 is 0.707 bits per heavy atom. The van der Waals surface area contributed by atoms with Gasteiger partial charge in [-0.2, -0.15) is 4.57 Å². The lowest BCUT2D eigenvalue weighted by Gasteiger charge is -2.13. The van der Waals surface area contributed by atoms with E-state index in [2.05, 4.69) is 6.92 Å². The van der Waals surface area contributed by atoms with Crippen molar-refractivity contribution < 1.29 is 33.1 Å². The van der Waals surface area contributed by atoms with Crippen molar-refractivity contribution in [2.24, 2.45) is 0 Å². The maximum atomic E-state index is 12.6.